The molecule has 100 valence electrons. The number of piperazine rings is 1. The summed E-state index contributed by atoms with van der Waals surface area (Å²) in [6, 6.07) is 0.399. The molecule has 1 rings (SSSR count). The molecule has 1 amide bonds. The number of nitrogens with zero attached hydrogens (tertiary/aromatic N) is 1. The van der Waals surface area contributed by atoms with Gasteiger partial charge in [-0.05, 0) is 33.1 Å². The molecule has 1 aliphatic rings. The highest BCUT2D eigenvalue weighted by atomic mass is 16.6. The summed E-state index contributed by atoms with van der Waals surface area (Å²) >= 11 is 0. The minimum Gasteiger partial charge on any atom is -0.444 e. The van der Waals surface area contributed by atoms with Crippen LogP contribution in [0.15, 0.2) is 0 Å². The molecular formula is C13H26N2O2. The number of amides is 1. The molecule has 1 fully saturated rings. The summed E-state index contributed by atoms with van der Waals surface area (Å²) < 4.78 is 5.39. The minimum absolute atomic E-state index is 0.187. The van der Waals surface area contributed by atoms with Gasteiger partial charge in [0.05, 0.1) is 0 Å². The lowest BCUT2D eigenvalue weighted by atomic mass is 10.0. The summed E-state index contributed by atoms with van der Waals surface area (Å²) in [6.45, 7) is 12.5. The number of carbonyl (C=O) groups excluding carboxylic acids is 1. The second-order valence-corrected chi connectivity index (χ2v) is 6.21. The van der Waals surface area contributed by atoms with Gasteiger partial charge >= 0.3 is 6.09 Å². The van der Waals surface area contributed by atoms with Crippen molar-refractivity contribution in [3.8, 4) is 0 Å². The second-order valence-electron chi connectivity index (χ2n) is 6.21. The van der Waals surface area contributed by atoms with Crippen LogP contribution in [0.3, 0.4) is 0 Å². The van der Waals surface area contributed by atoms with Crippen molar-refractivity contribution in [3.05, 3.63) is 0 Å². The van der Waals surface area contributed by atoms with E-state index in [1.807, 2.05) is 25.7 Å². The van der Waals surface area contributed by atoms with Gasteiger partial charge in [0.15, 0.2) is 0 Å². The molecule has 1 heterocycles. The third kappa shape index (κ3) is 5.39. The predicted octanol–water partition coefficient (Wildman–Crippen LogP) is 2.24. The van der Waals surface area contributed by atoms with Crippen molar-refractivity contribution in [1.82, 2.24) is 10.2 Å². The molecule has 4 heteroatoms. The van der Waals surface area contributed by atoms with E-state index in [-0.39, 0.29) is 6.09 Å². The molecule has 0 bridgehead atoms. The van der Waals surface area contributed by atoms with Crippen molar-refractivity contribution in [2.75, 3.05) is 19.6 Å². The summed E-state index contributed by atoms with van der Waals surface area (Å²) in [5.41, 5.74) is -0.407. The lowest BCUT2D eigenvalue weighted by Gasteiger charge is -2.35. The van der Waals surface area contributed by atoms with Crippen molar-refractivity contribution >= 4 is 6.09 Å². The van der Waals surface area contributed by atoms with E-state index in [0.717, 1.165) is 26.1 Å². The summed E-state index contributed by atoms with van der Waals surface area (Å²) in [4.78, 5) is 13.7. The van der Waals surface area contributed by atoms with Gasteiger partial charge in [-0.2, -0.15) is 0 Å². The van der Waals surface area contributed by atoms with E-state index in [1.165, 1.54) is 0 Å². The lowest BCUT2D eigenvalue weighted by molar-refractivity contribution is 0.0188. The molecule has 1 N–H and O–H groups in total. The molecule has 0 aromatic heterocycles. The highest BCUT2D eigenvalue weighted by Crippen LogP contribution is 2.14. The highest BCUT2D eigenvalue weighted by Gasteiger charge is 2.27. The largest absolute Gasteiger partial charge is 0.444 e. The monoisotopic (exact) mass is 242 g/mol. The quantitative estimate of drug-likeness (QED) is 0.807. The van der Waals surface area contributed by atoms with E-state index in [0.29, 0.717) is 12.0 Å². The molecular weight excluding hydrogens is 216 g/mol. The first kappa shape index (κ1) is 14.3. The smallest absolute Gasteiger partial charge is 0.410 e. The number of nitrogens with one attached hydrogen (secondary N) is 1. The Morgan fingerprint density at radius 2 is 2.12 bits per heavy atom. The first-order valence-electron chi connectivity index (χ1n) is 6.49. The van der Waals surface area contributed by atoms with Crippen LogP contribution < -0.4 is 5.32 Å². The van der Waals surface area contributed by atoms with E-state index in [1.54, 1.807) is 0 Å². The number of rotatable bonds is 2. The number of hydrogen-bond donors (Lipinski definition) is 1. The van der Waals surface area contributed by atoms with Crippen LogP contribution >= 0.6 is 0 Å². The number of hydrogen-bond acceptors (Lipinski definition) is 3. The first-order valence-corrected chi connectivity index (χ1v) is 6.49. The third-order valence-corrected chi connectivity index (χ3v) is 2.66. The molecule has 0 aromatic rings. The van der Waals surface area contributed by atoms with Crippen LogP contribution in [0.2, 0.25) is 0 Å². The molecule has 4 nitrogen and oxygen atoms in total. The average Bonchev–Trinajstić information content (AvgIpc) is 2.14. The van der Waals surface area contributed by atoms with Crippen molar-refractivity contribution in [2.24, 2.45) is 5.92 Å². The van der Waals surface area contributed by atoms with Crippen molar-refractivity contribution in [1.29, 1.82) is 0 Å². The highest BCUT2D eigenvalue weighted by molar-refractivity contribution is 5.68. The molecule has 0 unspecified atom stereocenters. The van der Waals surface area contributed by atoms with E-state index < -0.39 is 5.60 Å². The Kier molecular flexibility index (Phi) is 4.80. The fourth-order valence-corrected chi connectivity index (χ4v) is 2.04. The molecule has 0 aromatic carbocycles. The Morgan fingerprint density at radius 3 is 2.65 bits per heavy atom. The van der Waals surface area contributed by atoms with Crippen molar-refractivity contribution in [3.63, 3.8) is 0 Å². The zero-order valence-electron chi connectivity index (χ0n) is 11.7. The zero-order chi connectivity index (χ0) is 13.1. The standard InChI is InChI=1S/C13H26N2O2/c1-10(2)8-11-9-15(7-6-14-11)12(16)17-13(3,4)5/h10-11,14H,6-9H2,1-5H3/t11-/m0/s1. The van der Waals surface area contributed by atoms with Gasteiger partial charge in [0.1, 0.15) is 5.60 Å². The summed E-state index contributed by atoms with van der Waals surface area (Å²) in [6.07, 6.45) is 0.909. The molecule has 0 saturated carbocycles. The van der Waals surface area contributed by atoms with Crippen LogP contribution in [0.4, 0.5) is 4.79 Å². The number of ether oxygens (including phenoxy) is 1. The normalized spacial score (nSPS) is 21.8. The second kappa shape index (κ2) is 5.71. The van der Waals surface area contributed by atoms with Gasteiger partial charge in [-0.1, -0.05) is 13.8 Å². The zero-order valence-corrected chi connectivity index (χ0v) is 11.7. The Labute approximate surface area is 105 Å². The van der Waals surface area contributed by atoms with E-state index >= 15 is 0 Å². The SMILES string of the molecule is CC(C)C[C@H]1CN(C(=O)OC(C)(C)C)CCN1. The van der Waals surface area contributed by atoms with Gasteiger partial charge in [-0.15, -0.1) is 0 Å². The van der Waals surface area contributed by atoms with Gasteiger partial charge in [-0.25, -0.2) is 4.79 Å². The van der Waals surface area contributed by atoms with Crippen LogP contribution in [0.25, 0.3) is 0 Å². The first-order chi connectivity index (χ1) is 7.78. The van der Waals surface area contributed by atoms with Gasteiger partial charge < -0.3 is 15.0 Å². The van der Waals surface area contributed by atoms with E-state index in [4.69, 9.17) is 4.74 Å². The van der Waals surface area contributed by atoms with Gasteiger partial charge in [0, 0.05) is 25.7 Å². The van der Waals surface area contributed by atoms with Crippen LogP contribution in [0, 0.1) is 5.92 Å². The maximum absolute atomic E-state index is 11.9. The molecule has 17 heavy (non-hydrogen) atoms. The fraction of sp³-hybridized carbons (Fsp3) is 0.923. The topological polar surface area (TPSA) is 41.6 Å². The van der Waals surface area contributed by atoms with Crippen LogP contribution in [0.5, 0.6) is 0 Å². The van der Waals surface area contributed by atoms with E-state index in [9.17, 15) is 4.79 Å². The van der Waals surface area contributed by atoms with Gasteiger partial charge in [0.25, 0.3) is 0 Å². The predicted molar refractivity (Wildman–Crippen MR) is 69.1 cm³/mol. The Morgan fingerprint density at radius 1 is 1.47 bits per heavy atom. The molecule has 0 aliphatic carbocycles. The average molecular weight is 242 g/mol. The van der Waals surface area contributed by atoms with Gasteiger partial charge in [-0.3, -0.25) is 0 Å². The Balaban J connectivity index is 2.46. The Bertz CT molecular complexity index is 259. The fourth-order valence-electron chi connectivity index (χ4n) is 2.04. The van der Waals surface area contributed by atoms with Crippen LogP contribution in [0.1, 0.15) is 41.0 Å². The van der Waals surface area contributed by atoms with Gasteiger partial charge in [0.2, 0.25) is 0 Å². The minimum atomic E-state index is -0.407. The molecule has 1 aliphatic heterocycles. The van der Waals surface area contributed by atoms with E-state index in [2.05, 4.69) is 19.2 Å². The van der Waals surface area contributed by atoms with Crippen molar-refractivity contribution in [2.45, 2.75) is 52.7 Å². The molecule has 1 saturated heterocycles. The molecule has 0 spiro atoms. The Hall–Kier alpha value is -0.770. The summed E-state index contributed by atoms with van der Waals surface area (Å²) in [5, 5.41) is 3.45. The maximum Gasteiger partial charge on any atom is 0.410 e. The van der Waals surface area contributed by atoms with Crippen LogP contribution in [-0.2, 0) is 4.74 Å². The third-order valence-electron chi connectivity index (χ3n) is 2.66. The summed E-state index contributed by atoms with van der Waals surface area (Å²) in [5.74, 6) is 0.645. The lowest BCUT2D eigenvalue weighted by Crippen LogP contribution is -2.53. The molecule has 1 atom stereocenters. The molecule has 0 radical (unpaired) electrons. The number of carbonyl (C=O) groups is 1. The summed E-state index contributed by atoms with van der Waals surface area (Å²) in [7, 11) is 0. The van der Waals surface area contributed by atoms with Crippen LogP contribution in [-0.4, -0.2) is 42.3 Å². The van der Waals surface area contributed by atoms with Crippen molar-refractivity contribution < 1.29 is 9.53 Å². The maximum atomic E-state index is 11.9.